The molecule has 0 atom stereocenters. The summed E-state index contributed by atoms with van der Waals surface area (Å²) in [6, 6.07) is 69.2. The molecule has 8 aromatic carbocycles. The van der Waals surface area contributed by atoms with Crippen molar-refractivity contribution in [2.45, 2.75) is 49.9 Å². The van der Waals surface area contributed by atoms with Gasteiger partial charge in [0.2, 0.25) is 0 Å². The van der Waals surface area contributed by atoms with E-state index in [4.69, 9.17) is 0 Å². The van der Waals surface area contributed by atoms with Gasteiger partial charge < -0.3 is 0 Å². The summed E-state index contributed by atoms with van der Waals surface area (Å²) < 4.78 is 0. The van der Waals surface area contributed by atoms with Crippen LogP contribution in [-0.4, -0.2) is 8.07 Å². The molecule has 0 bridgehead atoms. The third-order valence-corrected chi connectivity index (χ3v) is 16.3. The van der Waals surface area contributed by atoms with Crippen LogP contribution in [-0.2, 0) is 25.7 Å². The summed E-state index contributed by atoms with van der Waals surface area (Å²) in [5.74, 6) is 0. The van der Waals surface area contributed by atoms with Gasteiger partial charge in [0.1, 0.15) is 0 Å². The maximum absolute atomic E-state index is 2.45. The first-order valence-corrected chi connectivity index (χ1v) is 20.9. The van der Waals surface area contributed by atoms with E-state index in [0.717, 1.165) is 25.7 Å². The van der Waals surface area contributed by atoms with E-state index in [9.17, 15) is 0 Å². The molecule has 0 spiro atoms. The zero-order valence-electron chi connectivity index (χ0n) is 28.3. The van der Waals surface area contributed by atoms with Crippen molar-refractivity contribution in [1.29, 1.82) is 0 Å². The van der Waals surface area contributed by atoms with Crippen LogP contribution in [0.15, 0.2) is 170 Å². The Hall–Kier alpha value is -4.98. The molecular weight excluding hydrogens is 605 g/mol. The Bertz CT molecular complexity index is 2030. The molecule has 240 valence electrons. The van der Waals surface area contributed by atoms with Crippen LogP contribution >= 0.6 is 0 Å². The molecule has 8 rings (SSSR count). The quantitative estimate of drug-likeness (QED) is 0.116. The first-order chi connectivity index (χ1) is 24.2. The first kappa shape index (κ1) is 31.3. The van der Waals surface area contributed by atoms with E-state index in [2.05, 4.69) is 170 Å². The van der Waals surface area contributed by atoms with Crippen LogP contribution < -0.4 is 0 Å². The van der Waals surface area contributed by atoms with Crippen LogP contribution in [0.3, 0.4) is 0 Å². The Labute approximate surface area is 292 Å². The van der Waals surface area contributed by atoms with Crippen molar-refractivity contribution in [2.75, 3.05) is 0 Å². The lowest BCUT2D eigenvalue weighted by Crippen LogP contribution is -2.36. The maximum Gasteiger partial charge on any atom is 0.0548 e. The monoisotopic (exact) mass is 648 g/mol. The highest BCUT2D eigenvalue weighted by molar-refractivity contribution is 6.80. The van der Waals surface area contributed by atoms with Crippen LogP contribution in [0.4, 0.5) is 0 Å². The van der Waals surface area contributed by atoms with Gasteiger partial charge in [0.25, 0.3) is 0 Å². The fourth-order valence-corrected chi connectivity index (χ4v) is 12.7. The number of benzene rings is 8. The molecule has 8 aromatic rings. The molecule has 0 unspecified atom stereocenters. The number of aryl methyl sites for hydroxylation is 4. The topological polar surface area (TPSA) is 0 Å². The second-order valence-corrected chi connectivity index (χ2v) is 19.2. The van der Waals surface area contributed by atoms with Crippen LogP contribution in [0.2, 0.25) is 24.2 Å². The van der Waals surface area contributed by atoms with E-state index < -0.39 is 8.07 Å². The fourth-order valence-electron chi connectivity index (χ4n) is 7.97. The molecule has 1 heteroatoms. The summed E-state index contributed by atoms with van der Waals surface area (Å²) in [7, 11) is -1.80. The van der Waals surface area contributed by atoms with Crippen molar-refractivity contribution in [3.05, 3.63) is 192 Å². The first-order valence-electron chi connectivity index (χ1n) is 18.1. The van der Waals surface area contributed by atoms with E-state index >= 15 is 0 Å². The van der Waals surface area contributed by atoms with Gasteiger partial charge in [0.15, 0.2) is 0 Å². The van der Waals surface area contributed by atoms with Crippen LogP contribution in [0.1, 0.15) is 22.3 Å². The lowest BCUT2D eigenvalue weighted by Gasteiger charge is -2.33. The zero-order valence-corrected chi connectivity index (χ0v) is 29.3. The van der Waals surface area contributed by atoms with Gasteiger partial charge in [-0.25, -0.2) is 0 Å². The van der Waals surface area contributed by atoms with Crippen molar-refractivity contribution in [2.24, 2.45) is 0 Å². The Kier molecular flexibility index (Phi) is 9.10. The highest BCUT2D eigenvalue weighted by atomic mass is 28.3. The number of hydrogen-bond donors (Lipinski definition) is 0. The van der Waals surface area contributed by atoms with Crippen LogP contribution in [0.5, 0.6) is 0 Å². The number of hydrogen-bond acceptors (Lipinski definition) is 0. The summed E-state index contributed by atoms with van der Waals surface area (Å²) in [5, 5.41) is 10.8. The van der Waals surface area contributed by atoms with Crippen molar-refractivity contribution in [1.82, 2.24) is 0 Å². The van der Waals surface area contributed by atoms with Gasteiger partial charge in [0, 0.05) is 0 Å². The average Bonchev–Trinajstić information content (AvgIpc) is 3.17. The summed E-state index contributed by atoms with van der Waals surface area (Å²) in [6.45, 7) is 0. The Morgan fingerprint density at radius 3 is 0.714 bits per heavy atom. The Balaban J connectivity index is 1.13. The minimum Gasteiger partial charge on any atom is -0.0616 e. The predicted molar refractivity (Wildman–Crippen MR) is 216 cm³/mol. The smallest absolute Gasteiger partial charge is 0.0548 e. The summed E-state index contributed by atoms with van der Waals surface area (Å²) in [4.78, 5) is 0. The molecule has 0 nitrogen and oxygen atoms in total. The second kappa shape index (κ2) is 14.2. The minimum absolute atomic E-state index is 1.16. The normalized spacial score (nSPS) is 11.9. The maximum atomic E-state index is 2.45. The third-order valence-electron chi connectivity index (χ3n) is 11.0. The molecule has 0 aliphatic carbocycles. The van der Waals surface area contributed by atoms with Crippen molar-refractivity contribution in [3.8, 4) is 0 Å². The van der Waals surface area contributed by atoms with E-state index in [-0.39, 0.29) is 0 Å². The van der Waals surface area contributed by atoms with Gasteiger partial charge in [-0.2, -0.15) is 0 Å². The zero-order chi connectivity index (χ0) is 32.9. The van der Waals surface area contributed by atoms with E-state index in [0.29, 0.717) is 0 Å². The van der Waals surface area contributed by atoms with Gasteiger partial charge in [-0.1, -0.05) is 194 Å². The molecule has 0 radical (unpaired) electrons. The van der Waals surface area contributed by atoms with Crippen molar-refractivity contribution >= 4 is 51.2 Å². The number of fused-ring (bicyclic) bond motifs is 4. The van der Waals surface area contributed by atoms with E-state index in [1.54, 1.807) is 0 Å². The van der Waals surface area contributed by atoms with Gasteiger partial charge in [0.05, 0.1) is 8.07 Å². The highest BCUT2D eigenvalue weighted by Crippen LogP contribution is 2.34. The Morgan fingerprint density at radius 1 is 0.245 bits per heavy atom. The number of rotatable bonds is 12. The molecule has 0 saturated carbocycles. The van der Waals surface area contributed by atoms with Gasteiger partial charge >= 0.3 is 0 Å². The molecule has 0 saturated heterocycles. The molecule has 0 aliphatic heterocycles. The van der Waals surface area contributed by atoms with Gasteiger partial charge in [-0.3, -0.25) is 0 Å². The molecule has 0 amide bonds. The van der Waals surface area contributed by atoms with E-state index in [1.807, 2.05) is 0 Å². The summed E-state index contributed by atoms with van der Waals surface area (Å²) >= 11 is 0. The van der Waals surface area contributed by atoms with Crippen LogP contribution in [0, 0.1) is 0 Å². The molecule has 49 heavy (non-hydrogen) atoms. The molecule has 0 aliphatic rings. The minimum atomic E-state index is -1.80. The molecule has 0 N–H and O–H groups in total. The lowest BCUT2D eigenvalue weighted by molar-refractivity contribution is 0.922. The predicted octanol–water partition coefficient (Wildman–Crippen LogP) is 13.0. The average molecular weight is 649 g/mol. The second-order valence-electron chi connectivity index (χ2n) is 14.2. The third kappa shape index (κ3) is 7.38. The molecule has 0 fully saturated rings. The van der Waals surface area contributed by atoms with E-state index in [1.165, 1.54) is 89.5 Å². The summed E-state index contributed by atoms with van der Waals surface area (Å²) in [5.41, 5.74) is 5.94. The molecule has 0 heterocycles. The standard InChI is InChI=1S/C48H44Si/c1-5-13-45-33-37(17-21-41(45)9-1)25-29-49(30-26-38-18-22-42-10-2-6-14-46(42)34-38,31-27-39-19-23-43-11-3-7-15-47(43)35-39)32-28-40-20-24-44-12-4-8-16-48(44)36-40/h1-24,33-36H,25-32H2. The largest absolute Gasteiger partial charge is 0.0616 e. The lowest BCUT2D eigenvalue weighted by atomic mass is 10.1. The fraction of sp³-hybridized carbons (Fsp3) is 0.167. The highest BCUT2D eigenvalue weighted by Gasteiger charge is 2.32. The SMILES string of the molecule is c1ccc2cc(CC[Si](CCc3ccc4ccccc4c3)(CCc3ccc4ccccc4c3)CCc3ccc4ccccc4c3)ccc2c1. The van der Waals surface area contributed by atoms with Crippen molar-refractivity contribution < 1.29 is 0 Å². The summed E-state index contributed by atoms with van der Waals surface area (Å²) in [6.07, 6.45) is 4.63. The van der Waals surface area contributed by atoms with Crippen molar-refractivity contribution in [3.63, 3.8) is 0 Å². The Morgan fingerprint density at radius 2 is 0.469 bits per heavy atom. The van der Waals surface area contributed by atoms with Crippen LogP contribution in [0.25, 0.3) is 43.1 Å². The molecule has 0 aromatic heterocycles. The molecular formula is C48H44Si. The van der Waals surface area contributed by atoms with Gasteiger partial charge in [-0.05, 0) is 91.0 Å². The van der Waals surface area contributed by atoms with Gasteiger partial charge in [-0.15, -0.1) is 0 Å².